The number of Topliss-reactive ketones (excluding diaryl/α,β-unsaturated/α-hetero) is 2. The Morgan fingerprint density at radius 2 is 1.84 bits per heavy atom. The maximum absolute atomic E-state index is 11.3. The van der Waals surface area contributed by atoms with Crippen LogP contribution in [0.4, 0.5) is 0 Å². The Kier molecular flexibility index (Phi) is 3.41. The summed E-state index contributed by atoms with van der Waals surface area (Å²) in [6.07, 6.45) is -0.151. The van der Waals surface area contributed by atoms with Gasteiger partial charge in [0.1, 0.15) is 5.78 Å². The van der Waals surface area contributed by atoms with Gasteiger partial charge in [-0.15, -0.1) is 0 Å². The number of ketones is 2. The standard InChI is InChI=1S/C13H11NO5/c1-8(15)6-9-2-4-10(5-3-9)19-14-12(17)7-11(16)13(14)18/h2-5H,6-7H2,1H3. The van der Waals surface area contributed by atoms with Gasteiger partial charge in [-0.1, -0.05) is 17.2 Å². The summed E-state index contributed by atoms with van der Waals surface area (Å²) in [5, 5.41) is 0.461. The highest BCUT2D eigenvalue weighted by atomic mass is 16.7. The summed E-state index contributed by atoms with van der Waals surface area (Å²) >= 11 is 0. The van der Waals surface area contributed by atoms with Crippen LogP contribution >= 0.6 is 0 Å². The summed E-state index contributed by atoms with van der Waals surface area (Å²) in [6, 6.07) is 6.37. The van der Waals surface area contributed by atoms with Crippen molar-refractivity contribution in [2.45, 2.75) is 19.8 Å². The summed E-state index contributed by atoms with van der Waals surface area (Å²) in [4.78, 5) is 49.7. The molecule has 0 N–H and O–H groups in total. The number of rotatable bonds is 4. The van der Waals surface area contributed by atoms with Gasteiger partial charge in [0.05, 0.1) is 6.42 Å². The van der Waals surface area contributed by atoms with Crippen LogP contribution in [-0.2, 0) is 25.6 Å². The number of carbonyl (C=O) groups excluding carboxylic acids is 4. The largest absolute Gasteiger partial charge is 0.369 e. The van der Waals surface area contributed by atoms with E-state index in [0.29, 0.717) is 11.5 Å². The Morgan fingerprint density at radius 3 is 2.32 bits per heavy atom. The number of hydrogen-bond acceptors (Lipinski definition) is 5. The minimum Gasteiger partial charge on any atom is -0.369 e. The third kappa shape index (κ3) is 2.85. The molecule has 1 aromatic carbocycles. The molecule has 19 heavy (non-hydrogen) atoms. The molecule has 1 heterocycles. The van der Waals surface area contributed by atoms with E-state index in [1.807, 2.05) is 0 Å². The van der Waals surface area contributed by atoms with Gasteiger partial charge in [-0.2, -0.15) is 0 Å². The molecule has 0 aromatic heterocycles. The number of nitrogens with zero attached hydrogens (tertiary/aromatic N) is 1. The van der Waals surface area contributed by atoms with Crippen molar-refractivity contribution in [3.05, 3.63) is 29.8 Å². The highest BCUT2D eigenvalue weighted by molar-refractivity contribution is 6.46. The van der Waals surface area contributed by atoms with Gasteiger partial charge in [0.2, 0.25) is 5.78 Å². The quantitative estimate of drug-likeness (QED) is 0.446. The molecular weight excluding hydrogens is 250 g/mol. The molecule has 1 aliphatic heterocycles. The van der Waals surface area contributed by atoms with Gasteiger partial charge in [-0.3, -0.25) is 19.2 Å². The Balaban J connectivity index is 2.07. The minimum atomic E-state index is -0.960. The van der Waals surface area contributed by atoms with Crippen molar-refractivity contribution in [2.24, 2.45) is 0 Å². The predicted octanol–water partition coefficient (Wildman–Crippen LogP) is 0.440. The van der Waals surface area contributed by atoms with E-state index in [1.54, 1.807) is 12.1 Å². The average Bonchev–Trinajstić information content (AvgIpc) is 2.58. The Morgan fingerprint density at radius 1 is 1.21 bits per heavy atom. The van der Waals surface area contributed by atoms with Crippen LogP contribution in [0.3, 0.4) is 0 Å². The summed E-state index contributed by atoms with van der Waals surface area (Å²) < 4.78 is 0. The third-order valence-corrected chi connectivity index (χ3v) is 2.53. The molecule has 1 aromatic rings. The molecule has 0 aliphatic carbocycles. The van der Waals surface area contributed by atoms with Crippen molar-refractivity contribution in [1.82, 2.24) is 5.06 Å². The lowest BCUT2D eigenvalue weighted by Gasteiger charge is -2.13. The van der Waals surface area contributed by atoms with Crippen LogP contribution < -0.4 is 4.84 Å². The number of hydroxylamine groups is 2. The molecule has 0 saturated carbocycles. The first-order chi connectivity index (χ1) is 8.97. The molecule has 98 valence electrons. The average molecular weight is 261 g/mol. The first-order valence-corrected chi connectivity index (χ1v) is 5.64. The molecule has 6 nitrogen and oxygen atoms in total. The SMILES string of the molecule is CC(=O)Cc1ccc(ON2C(=O)CC(=O)C2=O)cc1. The van der Waals surface area contributed by atoms with Crippen molar-refractivity contribution in [2.75, 3.05) is 0 Å². The zero-order valence-electron chi connectivity index (χ0n) is 10.2. The molecule has 1 aliphatic rings. The van der Waals surface area contributed by atoms with Crippen molar-refractivity contribution in [3.8, 4) is 5.75 Å². The predicted molar refractivity (Wildman–Crippen MR) is 62.9 cm³/mol. The van der Waals surface area contributed by atoms with Crippen LogP contribution in [-0.4, -0.2) is 28.4 Å². The third-order valence-electron chi connectivity index (χ3n) is 2.53. The second-order valence-corrected chi connectivity index (χ2v) is 4.21. The molecule has 0 unspecified atom stereocenters. The molecule has 2 amide bonds. The van der Waals surface area contributed by atoms with Crippen LogP contribution in [0.15, 0.2) is 24.3 Å². The fourth-order valence-corrected chi connectivity index (χ4v) is 1.66. The number of benzene rings is 1. The lowest BCUT2D eigenvalue weighted by Crippen LogP contribution is -2.34. The number of hydrogen-bond donors (Lipinski definition) is 0. The molecular formula is C13H11NO5. The normalized spacial score (nSPS) is 15.0. The number of imide groups is 1. The molecule has 0 spiro atoms. The molecule has 0 atom stereocenters. The summed E-state index contributed by atoms with van der Waals surface area (Å²) in [7, 11) is 0. The van der Waals surface area contributed by atoms with Gasteiger partial charge >= 0.3 is 5.91 Å². The van der Waals surface area contributed by atoms with Crippen LogP contribution in [0.25, 0.3) is 0 Å². The minimum absolute atomic E-state index is 0.0316. The van der Waals surface area contributed by atoms with E-state index < -0.39 is 24.0 Å². The Hall–Kier alpha value is -2.50. The fraction of sp³-hybridized carbons (Fsp3) is 0.231. The van der Waals surface area contributed by atoms with Crippen molar-refractivity contribution < 1.29 is 24.0 Å². The zero-order chi connectivity index (χ0) is 14.0. The summed E-state index contributed by atoms with van der Waals surface area (Å²) in [5.41, 5.74) is 0.801. The van der Waals surface area contributed by atoms with Crippen LogP contribution in [0, 0.1) is 0 Å². The number of carbonyl (C=O) groups is 4. The molecule has 0 bridgehead atoms. The summed E-state index contributed by atoms with van der Waals surface area (Å²) in [6.45, 7) is 1.48. The maximum Gasteiger partial charge on any atom is 0.330 e. The lowest BCUT2D eigenvalue weighted by atomic mass is 10.1. The Bertz CT molecular complexity index is 561. The van der Waals surface area contributed by atoms with Gasteiger partial charge < -0.3 is 4.84 Å². The number of amides is 2. The second kappa shape index (κ2) is 5.01. The lowest BCUT2D eigenvalue weighted by molar-refractivity contribution is -0.166. The molecule has 1 saturated heterocycles. The van der Waals surface area contributed by atoms with E-state index >= 15 is 0 Å². The first-order valence-electron chi connectivity index (χ1n) is 5.64. The van der Waals surface area contributed by atoms with Crippen LogP contribution in [0.2, 0.25) is 0 Å². The van der Waals surface area contributed by atoms with E-state index in [2.05, 4.69) is 0 Å². The monoisotopic (exact) mass is 261 g/mol. The van der Waals surface area contributed by atoms with E-state index in [9.17, 15) is 19.2 Å². The van der Waals surface area contributed by atoms with Crippen molar-refractivity contribution in [1.29, 1.82) is 0 Å². The van der Waals surface area contributed by atoms with Gasteiger partial charge in [-0.05, 0) is 24.6 Å². The van der Waals surface area contributed by atoms with E-state index in [0.717, 1.165) is 5.56 Å². The molecule has 0 radical (unpaired) electrons. The van der Waals surface area contributed by atoms with Gasteiger partial charge in [0.25, 0.3) is 5.91 Å². The van der Waals surface area contributed by atoms with E-state index in [1.165, 1.54) is 19.1 Å². The topological polar surface area (TPSA) is 80.8 Å². The summed E-state index contributed by atoms with van der Waals surface area (Å²) in [5.74, 6) is -2.13. The van der Waals surface area contributed by atoms with Crippen molar-refractivity contribution >= 4 is 23.4 Å². The molecule has 2 rings (SSSR count). The van der Waals surface area contributed by atoms with Crippen LogP contribution in [0.1, 0.15) is 18.9 Å². The molecule has 6 heteroatoms. The maximum atomic E-state index is 11.3. The van der Waals surface area contributed by atoms with Gasteiger partial charge in [0, 0.05) is 6.42 Å². The first kappa shape index (κ1) is 12.9. The van der Waals surface area contributed by atoms with Crippen molar-refractivity contribution in [3.63, 3.8) is 0 Å². The highest BCUT2D eigenvalue weighted by Gasteiger charge is 2.39. The van der Waals surface area contributed by atoms with Crippen LogP contribution in [0.5, 0.6) is 5.75 Å². The van der Waals surface area contributed by atoms with Gasteiger partial charge in [-0.25, -0.2) is 0 Å². The second-order valence-electron chi connectivity index (χ2n) is 4.21. The Labute approximate surface area is 108 Å². The van der Waals surface area contributed by atoms with E-state index in [4.69, 9.17) is 4.84 Å². The van der Waals surface area contributed by atoms with E-state index in [-0.39, 0.29) is 11.5 Å². The van der Waals surface area contributed by atoms with Gasteiger partial charge in [0.15, 0.2) is 5.75 Å². The zero-order valence-corrected chi connectivity index (χ0v) is 10.2. The molecule has 1 fully saturated rings. The highest BCUT2D eigenvalue weighted by Crippen LogP contribution is 2.17. The smallest absolute Gasteiger partial charge is 0.330 e. The fourth-order valence-electron chi connectivity index (χ4n) is 1.66.